The molecule has 18 heavy (non-hydrogen) atoms. The van der Waals surface area contributed by atoms with Crippen LogP contribution in [0.4, 0.5) is 0 Å². The molecule has 0 saturated heterocycles. The molecule has 2 rings (SSSR count). The SMILES string of the molecule is Cc1cncc(-c2nnc(SCCCCl)n2C)n1. The molecule has 0 unspecified atom stereocenters. The van der Waals surface area contributed by atoms with Crippen LogP contribution in [0.5, 0.6) is 0 Å². The highest BCUT2D eigenvalue weighted by Gasteiger charge is 2.12. The average molecular weight is 284 g/mol. The highest BCUT2D eigenvalue weighted by atomic mass is 35.5. The Hall–Kier alpha value is -1.14. The average Bonchev–Trinajstić information content (AvgIpc) is 2.72. The van der Waals surface area contributed by atoms with Crippen LogP contribution in [0.25, 0.3) is 11.5 Å². The first-order valence-corrected chi connectivity index (χ1v) is 7.11. The third-order valence-corrected chi connectivity index (χ3v) is 3.70. The topological polar surface area (TPSA) is 56.5 Å². The van der Waals surface area contributed by atoms with Gasteiger partial charge in [-0.15, -0.1) is 21.8 Å². The molecule has 0 bridgehead atoms. The second-order valence-corrected chi connectivity index (χ2v) is 5.24. The van der Waals surface area contributed by atoms with E-state index in [0.29, 0.717) is 5.88 Å². The molecule has 0 fully saturated rings. The third kappa shape index (κ3) is 3.00. The van der Waals surface area contributed by atoms with Crippen LogP contribution in [0.3, 0.4) is 0 Å². The van der Waals surface area contributed by atoms with Crippen molar-refractivity contribution in [3.63, 3.8) is 0 Å². The van der Waals surface area contributed by atoms with E-state index in [1.54, 1.807) is 24.2 Å². The number of alkyl halides is 1. The van der Waals surface area contributed by atoms with Gasteiger partial charge in [0.25, 0.3) is 0 Å². The van der Waals surface area contributed by atoms with E-state index >= 15 is 0 Å². The zero-order chi connectivity index (χ0) is 13.0. The van der Waals surface area contributed by atoms with Gasteiger partial charge in [-0.2, -0.15) is 0 Å². The van der Waals surface area contributed by atoms with Gasteiger partial charge in [-0.3, -0.25) is 4.98 Å². The number of rotatable bonds is 5. The number of aromatic nitrogens is 5. The summed E-state index contributed by atoms with van der Waals surface area (Å²) in [5.41, 5.74) is 1.61. The molecule has 7 heteroatoms. The molecule has 0 N–H and O–H groups in total. The summed E-state index contributed by atoms with van der Waals surface area (Å²) in [4.78, 5) is 8.52. The number of nitrogens with zero attached hydrogens (tertiary/aromatic N) is 5. The van der Waals surface area contributed by atoms with Crippen molar-refractivity contribution in [3.8, 4) is 11.5 Å². The summed E-state index contributed by atoms with van der Waals surface area (Å²) in [6.07, 6.45) is 4.37. The van der Waals surface area contributed by atoms with Crippen LogP contribution < -0.4 is 0 Å². The minimum Gasteiger partial charge on any atom is -0.304 e. The first-order valence-electron chi connectivity index (χ1n) is 5.59. The highest BCUT2D eigenvalue weighted by Crippen LogP contribution is 2.21. The van der Waals surface area contributed by atoms with Crippen molar-refractivity contribution in [2.45, 2.75) is 18.5 Å². The number of halogens is 1. The van der Waals surface area contributed by atoms with Crippen LogP contribution in [-0.4, -0.2) is 36.4 Å². The Morgan fingerprint density at radius 2 is 2.17 bits per heavy atom. The van der Waals surface area contributed by atoms with E-state index < -0.39 is 0 Å². The maximum absolute atomic E-state index is 5.65. The van der Waals surface area contributed by atoms with Crippen LogP contribution in [0.1, 0.15) is 12.1 Å². The van der Waals surface area contributed by atoms with E-state index in [-0.39, 0.29) is 0 Å². The van der Waals surface area contributed by atoms with Crippen LogP contribution >= 0.6 is 23.4 Å². The van der Waals surface area contributed by atoms with Crippen LogP contribution in [0, 0.1) is 6.92 Å². The Kier molecular flexibility index (Phi) is 4.54. The second kappa shape index (κ2) is 6.15. The van der Waals surface area contributed by atoms with E-state index in [4.69, 9.17) is 11.6 Å². The summed E-state index contributed by atoms with van der Waals surface area (Å²) in [5, 5.41) is 9.19. The Morgan fingerprint density at radius 3 is 2.89 bits per heavy atom. The fourth-order valence-electron chi connectivity index (χ4n) is 1.45. The first-order chi connectivity index (χ1) is 8.72. The lowest BCUT2D eigenvalue weighted by molar-refractivity contribution is 0.790. The van der Waals surface area contributed by atoms with E-state index in [1.165, 1.54) is 0 Å². The fraction of sp³-hybridized carbons (Fsp3) is 0.455. The van der Waals surface area contributed by atoms with Gasteiger partial charge in [-0.1, -0.05) is 11.8 Å². The lowest BCUT2D eigenvalue weighted by atomic mass is 10.4. The van der Waals surface area contributed by atoms with Crippen molar-refractivity contribution in [2.75, 3.05) is 11.6 Å². The van der Waals surface area contributed by atoms with Crippen molar-refractivity contribution in [1.82, 2.24) is 24.7 Å². The van der Waals surface area contributed by atoms with Gasteiger partial charge >= 0.3 is 0 Å². The Morgan fingerprint density at radius 1 is 1.33 bits per heavy atom. The predicted molar refractivity (Wildman–Crippen MR) is 72.8 cm³/mol. The Labute approximate surface area is 115 Å². The van der Waals surface area contributed by atoms with Crippen molar-refractivity contribution in [2.24, 2.45) is 7.05 Å². The summed E-state index contributed by atoms with van der Waals surface area (Å²) < 4.78 is 1.93. The zero-order valence-electron chi connectivity index (χ0n) is 10.3. The molecule has 0 amide bonds. The molecule has 0 radical (unpaired) electrons. The van der Waals surface area contributed by atoms with Gasteiger partial charge in [-0.25, -0.2) is 4.98 Å². The molecular weight excluding hydrogens is 270 g/mol. The molecular formula is C11H14ClN5S. The largest absolute Gasteiger partial charge is 0.304 e. The summed E-state index contributed by atoms with van der Waals surface area (Å²) in [6.45, 7) is 1.91. The first kappa shape index (κ1) is 13.3. The fourth-order valence-corrected chi connectivity index (χ4v) is 2.59. The normalized spacial score (nSPS) is 10.8. The van der Waals surface area contributed by atoms with Crippen molar-refractivity contribution in [3.05, 3.63) is 18.1 Å². The molecule has 96 valence electrons. The van der Waals surface area contributed by atoms with Crippen LogP contribution in [-0.2, 0) is 7.05 Å². The molecule has 5 nitrogen and oxygen atoms in total. The van der Waals surface area contributed by atoms with E-state index in [2.05, 4.69) is 20.2 Å². The molecule has 0 aliphatic heterocycles. The maximum atomic E-state index is 5.65. The summed E-state index contributed by atoms with van der Waals surface area (Å²) in [6, 6.07) is 0. The number of hydrogen-bond acceptors (Lipinski definition) is 5. The lowest BCUT2D eigenvalue weighted by Crippen LogP contribution is -1.98. The van der Waals surface area contributed by atoms with E-state index in [0.717, 1.165) is 34.5 Å². The van der Waals surface area contributed by atoms with Crippen molar-refractivity contribution >= 4 is 23.4 Å². The molecule has 2 aromatic heterocycles. The molecule has 0 atom stereocenters. The third-order valence-electron chi connectivity index (χ3n) is 2.33. The van der Waals surface area contributed by atoms with Crippen molar-refractivity contribution in [1.29, 1.82) is 0 Å². The van der Waals surface area contributed by atoms with Crippen LogP contribution in [0.2, 0.25) is 0 Å². The van der Waals surface area contributed by atoms with E-state index in [1.807, 2.05) is 18.5 Å². The molecule has 0 aliphatic rings. The Balaban J connectivity index is 2.20. The summed E-state index contributed by atoms with van der Waals surface area (Å²) in [7, 11) is 1.93. The number of hydrogen-bond donors (Lipinski definition) is 0. The standard InChI is InChI=1S/C11H14ClN5S/c1-8-6-13-7-9(14-8)10-15-16-11(17(10)2)18-5-3-4-12/h6-7H,3-5H2,1-2H3. The quantitative estimate of drug-likeness (QED) is 0.479. The van der Waals surface area contributed by atoms with Gasteiger partial charge in [0.1, 0.15) is 5.69 Å². The highest BCUT2D eigenvalue weighted by molar-refractivity contribution is 7.99. The molecule has 0 aliphatic carbocycles. The zero-order valence-corrected chi connectivity index (χ0v) is 11.9. The van der Waals surface area contributed by atoms with Crippen LogP contribution in [0.15, 0.2) is 17.6 Å². The van der Waals surface area contributed by atoms with Gasteiger partial charge in [0, 0.05) is 24.9 Å². The van der Waals surface area contributed by atoms with Crippen molar-refractivity contribution < 1.29 is 0 Å². The van der Waals surface area contributed by atoms with Gasteiger partial charge in [0.2, 0.25) is 0 Å². The van der Waals surface area contributed by atoms with Gasteiger partial charge < -0.3 is 4.57 Å². The molecule has 2 heterocycles. The number of aryl methyl sites for hydroxylation is 1. The lowest BCUT2D eigenvalue weighted by Gasteiger charge is -2.03. The smallest absolute Gasteiger partial charge is 0.191 e. The molecule has 0 aromatic carbocycles. The molecule has 0 saturated carbocycles. The molecule has 2 aromatic rings. The second-order valence-electron chi connectivity index (χ2n) is 3.80. The van der Waals surface area contributed by atoms with Gasteiger partial charge in [0.05, 0.1) is 11.9 Å². The van der Waals surface area contributed by atoms with E-state index in [9.17, 15) is 0 Å². The predicted octanol–water partition coefficient (Wildman–Crippen LogP) is 2.30. The number of thioether (sulfide) groups is 1. The minimum atomic E-state index is 0.668. The minimum absolute atomic E-state index is 0.668. The molecule has 0 spiro atoms. The van der Waals surface area contributed by atoms with Gasteiger partial charge in [0.15, 0.2) is 11.0 Å². The van der Waals surface area contributed by atoms with Gasteiger partial charge in [-0.05, 0) is 13.3 Å². The maximum Gasteiger partial charge on any atom is 0.191 e. The summed E-state index contributed by atoms with van der Waals surface area (Å²) >= 11 is 7.30. The summed E-state index contributed by atoms with van der Waals surface area (Å²) in [5.74, 6) is 2.34. The Bertz CT molecular complexity index is 528. The monoisotopic (exact) mass is 283 g/mol.